The minimum Gasteiger partial charge on any atom is -0.508 e. The van der Waals surface area contributed by atoms with Crippen molar-refractivity contribution in [3.05, 3.63) is 54.1 Å². The summed E-state index contributed by atoms with van der Waals surface area (Å²) in [6.45, 7) is 5.78. The summed E-state index contributed by atoms with van der Waals surface area (Å²) < 4.78 is 0. The van der Waals surface area contributed by atoms with E-state index in [4.69, 9.17) is 0 Å². The summed E-state index contributed by atoms with van der Waals surface area (Å²) in [6.07, 6.45) is 0.836. The third kappa shape index (κ3) is 5.96. The summed E-state index contributed by atoms with van der Waals surface area (Å²) in [5, 5.41) is 15.0. The highest BCUT2D eigenvalue weighted by Crippen LogP contribution is 2.18. The summed E-state index contributed by atoms with van der Waals surface area (Å²) >= 11 is 0. The first-order valence-electron chi connectivity index (χ1n) is 10.1. The normalized spacial score (nSPS) is 14.4. The summed E-state index contributed by atoms with van der Waals surface area (Å²) in [5.74, 6) is -0.0692. The van der Waals surface area contributed by atoms with Crippen LogP contribution in [0.4, 0.5) is 11.4 Å². The van der Waals surface area contributed by atoms with E-state index in [9.17, 15) is 14.7 Å². The van der Waals surface area contributed by atoms with Gasteiger partial charge in [0.1, 0.15) is 5.75 Å². The molecule has 0 unspecified atom stereocenters. The largest absolute Gasteiger partial charge is 0.508 e. The first-order chi connectivity index (χ1) is 14.0. The first kappa shape index (κ1) is 20.7. The zero-order valence-electron chi connectivity index (χ0n) is 16.8. The number of piperazine rings is 1. The average molecular weight is 397 g/mol. The number of hydrogen-bond donors (Lipinski definition) is 4. The van der Waals surface area contributed by atoms with Crippen LogP contribution in [0.3, 0.4) is 0 Å². The van der Waals surface area contributed by atoms with Gasteiger partial charge in [0.2, 0.25) is 5.91 Å². The van der Waals surface area contributed by atoms with Crippen LogP contribution in [-0.4, -0.2) is 56.2 Å². The van der Waals surface area contributed by atoms with E-state index >= 15 is 0 Å². The number of carbonyl (C=O) groups is 2. The van der Waals surface area contributed by atoms with Crippen molar-refractivity contribution in [2.75, 3.05) is 49.5 Å². The fraction of sp³-hybridized carbons (Fsp3) is 0.364. The number of rotatable bonds is 7. The third-order valence-electron chi connectivity index (χ3n) is 5.21. The van der Waals surface area contributed by atoms with Crippen LogP contribution in [0, 0.1) is 0 Å². The third-order valence-corrected chi connectivity index (χ3v) is 5.21. The Bertz CT molecular complexity index is 830. The molecule has 0 bridgehead atoms. The SMILES string of the molecule is CCc1ccccc1NC(=O)CNC(=O)C[NH+]1CCN(c2ccc(O)cc2)CC1. The Morgan fingerprint density at radius 3 is 2.41 bits per heavy atom. The van der Waals surface area contributed by atoms with Gasteiger partial charge in [0, 0.05) is 11.4 Å². The summed E-state index contributed by atoms with van der Waals surface area (Å²) in [5.41, 5.74) is 2.95. The molecule has 4 N–H and O–H groups in total. The molecule has 0 atom stereocenters. The van der Waals surface area contributed by atoms with Crippen LogP contribution < -0.4 is 20.4 Å². The van der Waals surface area contributed by atoms with Crippen molar-refractivity contribution in [3.63, 3.8) is 0 Å². The predicted octanol–water partition coefficient (Wildman–Crippen LogP) is 0.414. The number of phenolic OH excluding ortho intramolecular Hbond substituents is 1. The molecule has 0 saturated carbocycles. The van der Waals surface area contributed by atoms with Gasteiger partial charge in [0.05, 0.1) is 32.7 Å². The van der Waals surface area contributed by atoms with E-state index in [0.29, 0.717) is 6.54 Å². The summed E-state index contributed by atoms with van der Waals surface area (Å²) in [6, 6.07) is 14.9. The highest BCUT2D eigenvalue weighted by molar-refractivity contribution is 5.95. The number of phenols is 1. The molecule has 0 aromatic heterocycles. The molecule has 29 heavy (non-hydrogen) atoms. The molecule has 154 valence electrons. The van der Waals surface area contributed by atoms with Crippen LogP contribution in [0.1, 0.15) is 12.5 Å². The van der Waals surface area contributed by atoms with Crippen LogP contribution in [0.15, 0.2) is 48.5 Å². The Morgan fingerprint density at radius 1 is 1.03 bits per heavy atom. The average Bonchev–Trinajstić information content (AvgIpc) is 2.74. The van der Waals surface area contributed by atoms with Crippen molar-refractivity contribution in [2.45, 2.75) is 13.3 Å². The molecule has 7 heteroatoms. The van der Waals surface area contributed by atoms with Crippen molar-refractivity contribution in [1.82, 2.24) is 5.32 Å². The fourth-order valence-corrected chi connectivity index (χ4v) is 3.53. The lowest BCUT2D eigenvalue weighted by molar-refractivity contribution is -0.892. The van der Waals surface area contributed by atoms with Crippen LogP contribution in [-0.2, 0) is 16.0 Å². The number of nitrogens with one attached hydrogen (secondary N) is 3. The highest BCUT2D eigenvalue weighted by atomic mass is 16.3. The summed E-state index contributed by atoms with van der Waals surface area (Å²) in [4.78, 5) is 27.8. The molecule has 7 nitrogen and oxygen atoms in total. The highest BCUT2D eigenvalue weighted by Gasteiger charge is 2.22. The van der Waals surface area contributed by atoms with Crippen molar-refractivity contribution in [3.8, 4) is 5.75 Å². The van der Waals surface area contributed by atoms with Gasteiger partial charge in [-0.2, -0.15) is 0 Å². The number of aryl methyl sites for hydroxylation is 1. The zero-order valence-corrected chi connectivity index (χ0v) is 16.8. The zero-order chi connectivity index (χ0) is 20.6. The van der Waals surface area contributed by atoms with E-state index in [1.54, 1.807) is 12.1 Å². The number of aromatic hydroxyl groups is 1. The molecule has 1 saturated heterocycles. The Labute approximate surface area is 171 Å². The molecule has 0 aliphatic carbocycles. The van der Waals surface area contributed by atoms with Gasteiger partial charge in [-0.15, -0.1) is 0 Å². The molecule has 0 spiro atoms. The lowest BCUT2D eigenvalue weighted by atomic mass is 10.1. The monoisotopic (exact) mass is 397 g/mol. The Morgan fingerprint density at radius 2 is 1.72 bits per heavy atom. The van der Waals surface area contributed by atoms with Gasteiger partial charge >= 0.3 is 0 Å². The van der Waals surface area contributed by atoms with Crippen molar-refractivity contribution in [1.29, 1.82) is 0 Å². The Kier molecular flexibility index (Phi) is 7.08. The maximum atomic E-state index is 12.2. The Balaban J connectivity index is 1.39. The fourth-order valence-electron chi connectivity index (χ4n) is 3.53. The number of quaternary nitrogens is 1. The maximum absolute atomic E-state index is 12.2. The Hall–Kier alpha value is -3.06. The van der Waals surface area contributed by atoms with Gasteiger partial charge in [-0.25, -0.2) is 0 Å². The molecule has 3 rings (SSSR count). The van der Waals surface area contributed by atoms with Gasteiger partial charge < -0.3 is 25.5 Å². The molecule has 0 radical (unpaired) electrons. The second kappa shape index (κ2) is 9.93. The number of anilines is 2. The van der Waals surface area contributed by atoms with Crippen LogP contribution >= 0.6 is 0 Å². The number of benzene rings is 2. The lowest BCUT2D eigenvalue weighted by Gasteiger charge is -2.33. The van der Waals surface area contributed by atoms with E-state index < -0.39 is 0 Å². The molecule has 2 amide bonds. The summed E-state index contributed by atoms with van der Waals surface area (Å²) in [7, 11) is 0. The number of amides is 2. The number of hydrogen-bond acceptors (Lipinski definition) is 4. The lowest BCUT2D eigenvalue weighted by Crippen LogP contribution is -3.16. The van der Waals surface area contributed by atoms with E-state index in [2.05, 4.69) is 15.5 Å². The predicted molar refractivity (Wildman–Crippen MR) is 113 cm³/mol. The van der Waals surface area contributed by atoms with Gasteiger partial charge in [0.15, 0.2) is 6.54 Å². The second-order valence-corrected chi connectivity index (χ2v) is 7.27. The molecule has 2 aromatic carbocycles. The number of para-hydroxylation sites is 1. The molecule has 1 aliphatic rings. The first-order valence-corrected chi connectivity index (χ1v) is 10.1. The van der Waals surface area contributed by atoms with Crippen molar-refractivity contribution < 1.29 is 19.6 Å². The van der Waals surface area contributed by atoms with E-state index in [0.717, 1.165) is 49.5 Å². The van der Waals surface area contributed by atoms with E-state index in [-0.39, 0.29) is 24.1 Å². The van der Waals surface area contributed by atoms with E-state index in [1.165, 1.54) is 4.90 Å². The topological polar surface area (TPSA) is 86.1 Å². The molecule has 1 aliphatic heterocycles. The quantitative estimate of drug-likeness (QED) is 0.545. The van der Waals surface area contributed by atoms with E-state index in [1.807, 2.05) is 43.3 Å². The maximum Gasteiger partial charge on any atom is 0.275 e. The minimum absolute atomic E-state index is 0.0240. The van der Waals surface area contributed by atoms with Crippen molar-refractivity contribution in [2.24, 2.45) is 0 Å². The van der Waals surface area contributed by atoms with Gasteiger partial charge in [-0.05, 0) is 42.3 Å². The number of nitrogens with zero attached hydrogens (tertiary/aromatic N) is 1. The molecular weight excluding hydrogens is 368 g/mol. The standard InChI is InChI=1S/C22H28N4O3/c1-2-17-5-3-4-6-20(17)24-21(28)15-23-22(29)16-25-11-13-26(14-12-25)18-7-9-19(27)10-8-18/h3-10,27H,2,11-16H2,1H3,(H,23,29)(H,24,28)/p+1. The van der Waals surface area contributed by atoms with Crippen molar-refractivity contribution >= 4 is 23.2 Å². The molecule has 2 aromatic rings. The van der Waals surface area contributed by atoms with Crippen LogP contribution in [0.25, 0.3) is 0 Å². The molecule has 1 heterocycles. The second-order valence-electron chi connectivity index (χ2n) is 7.27. The molecular formula is C22H29N4O3+. The molecule has 1 fully saturated rings. The van der Waals surface area contributed by atoms with Gasteiger partial charge in [-0.1, -0.05) is 25.1 Å². The van der Waals surface area contributed by atoms with Crippen LogP contribution in [0.5, 0.6) is 5.75 Å². The minimum atomic E-state index is -0.216. The number of carbonyl (C=O) groups excluding carboxylic acids is 2. The smallest absolute Gasteiger partial charge is 0.275 e. The van der Waals surface area contributed by atoms with Crippen LogP contribution in [0.2, 0.25) is 0 Å². The van der Waals surface area contributed by atoms with Gasteiger partial charge in [-0.3, -0.25) is 9.59 Å². The van der Waals surface area contributed by atoms with Gasteiger partial charge in [0.25, 0.3) is 5.91 Å².